The maximum absolute atomic E-state index is 12.5. The first-order valence-corrected chi connectivity index (χ1v) is 9.09. The largest absolute Gasteiger partial charge is 0.355 e. The molecule has 2 fully saturated rings. The van der Waals surface area contributed by atoms with Crippen LogP contribution in [0.3, 0.4) is 0 Å². The van der Waals surface area contributed by atoms with Gasteiger partial charge in [0.1, 0.15) is 6.54 Å². The van der Waals surface area contributed by atoms with Crippen molar-refractivity contribution in [1.29, 1.82) is 0 Å². The van der Waals surface area contributed by atoms with Crippen molar-refractivity contribution >= 4 is 29.7 Å². The third kappa shape index (κ3) is 4.39. The molecule has 2 atom stereocenters. The zero-order valence-corrected chi connectivity index (χ0v) is 15.2. The van der Waals surface area contributed by atoms with Crippen LogP contribution < -0.4 is 10.6 Å². The van der Waals surface area contributed by atoms with Crippen molar-refractivity contribution in [3.05, 3.63) is 0 Å². The van der Waals surface area contributed by atoms with Gasteiger partial charge >= 0.3 is 17.8 Å². The molecule has 26 heavy (non-hydrogen) atoms. The maximum atomic E-state index is 12.5. The van der Waals surface area contributed by atoms with Crippen LogP contribution in [0.5, 0.6) is 0 Å². The lowest BCUT2D eigenvalue weighted by Crippen LogP contribution is -2.47. The summed E-state index contributed by atoms with van der Waals surface area (Å²) in [5.74, 6) is -2.75. The lowest BCUT2D eigenvalue weighted by atomic mass is 9.85. The van der Waals surface area contributed by atoms with Crippen molar-refractivity contribution in [1.82, 2.24) is 20.4 Å². The van der Waals surface area contributed by atoms with E-state index >= 15 is 0 Å². The zero-order valence-electron chi connectivity index (χ0n) is 15.2. The van der Waals surface area contributed by atoms with Crippen molar-refractivity contribution < 1.29 is 24.0 Å². The first kappa shape index (κ1) is 19.9. The topological polar surface area (TPSA) is 116 Å². The molecule has 2 rings (SSSR count). The summed E-state index contributed by atoms with van der Waals surface area (Å²) in [5.41, 5.74) is 0. The van der Waals surface area contributed by atoms with Crippen LogP contribution in [-0.4, -0.2) is 65.1 Å². The Bertz CT molecular complexity index is 606. The van der Waals surface area contributed by atoms with E-state index in [0.29, 0.717) is 17.9 Å². The summed E-state index contributed by atoms with van der Waals surface area (Å²) in [6.45, 7) is 3.55. The molecule has 2 aliphatic rings. The van der Waals surface area contributed by atoms with E-state index in [1.807, 2.05) is 13.8 Å². The summed E-state index contributed by atoms with van der Waals surface area (Å²) in [6, 6.07) is -1.05. The van der Waals surface area contributed by atoms with Gasteiger partial charge in [0.05, 0.1) is 6.54 Å². The molecule has 1 aliphatic carbocycles. The van der Waals surface area contributed by atoms with E-state index in [1.54, 1.807) is 0 Å². The zero-order chi connectivity index (χ0) is 19.3. The smallest absolute Gasteiger partial charge is 0.334 e. The molecule has 1 heterocycles. The fourth-order valence-electron chi connectivity index (χ4n) is 3.34. The Labute approximate surface area is 152 Å². The van der Waals surface area contributed by atoms with Gasteiger partial charge in [-0.05, 0) is 25.2 Å². The van der Waals surface area contributed by atoms with Crippen molar-refractivity contribution in [3.63, 3.8) is 0 Å². The summed E-state index contributed by atoms with van der Waals surface area (Å²) in [5, 5.41) is 4.95. The number of nitrogens with one attached hydrogen (secondary N) is 2. The fourth-order valence-corrected chi connectivity index (χ4v) is 3.34. The minimum atomic E-state index is -0.988. The minimum Gasteiger partial charge on any atom is -0.355 e. The number of carbonyl (C=O) groups excluding carboxylic acids is 5. The van der Waals surface area contributed by atoms with Gasteiger partial charge in [0.15, 0.2) is 0 Å². The average Bonchev–Trinajstić information content (AvgIpc) is 2.82. The van der Waals surface area contributed by atoms with Crippen LogP contribution in [0.1, 0.15) is 46.0 Å². The predicted octanol–water partition coefficient (Wildman–Crippen LogP) is -0.00170. The van der Waals surface area contributed by atoms with E-state index in [0.717, 1.165) is 30.6 Å². The first-order chi connectivity index (χ1) is 12.4. The molecule has 0 bridgehead atoms. The van der Waals surface area contributed by atoms with Crippen LogP contribution in [0.4, 0.5) is 4.79 Å². The second kappa shape index (κ2) is 8.77. The lowest BCUT2D eigenvalue weighted by Gasteiger charge is -2.34. The summed E-state index contributed by atoms with van der Waals surface area (Å²) in [7, 11) is 0. The second-order valence-corrected chi connectivity index (χ2v) is 6.80. The molecule has 0 unspecified atom stereocenters. The molecule has 0 spiro atoms. The molecule has 9 nitrogen and oxygen atoms in total. The number of imide groups is 2. The summed E-state index contributed by atoms with van der Waals surface area (Å²) in [6.07, 6.45) is 4.27. The monoisotopic (exact) mass is 366 g/mol. The molecule has 9 heteroatoms. The van der Waals surface area contributed by atoms with Crippen LogP contribution in [0, 0.1) is 5.92 Å². The van der Waals surface area contributed by atoms with Crippen LogP contribution >= 0.6 is 0 Å². The molecular weight excluding hydrogens is 340 g/mol. The van der Waals surface area contributed by atoms with Crippen molar-refractivity contribution in [2.75, 3.05) is 19.6 Å². The van der Waals surface area contributed by atoms with Crippen molar-refractivity contribution in [3.8, 4) is 0 Å². The van der Waals surface area contributed by atoms with Gasteiger partial charge in [-0.15, -0.1) is 0 Å². The van der Waals surface area contributed by atoms with Crippen LogP contribution in [0.2, 0.25) is 0 Å². The molecule has 0 aromatic carbocycles. The highest BCUT2D eigenvalue weighted by atomic mass is 16.2. The minimum absolute atomic E-state index is 0.125. The van der Waals surface area contributed by atoms with Crippen molar-refractivity contribution in [2.24, 2.45) is 5.92 Å². The molecule has 6 amide bonds. The number of hydrogen-bond acceptors (Lipinski definition) is 5. The summed E-state index contributed by atoms with van der Waals surface area (Å²) in [4.78, 5) is 62.0. The molecule has 1 aliphatic heterocycles. The van der Waals surface area contributed by atoms with Gasteiger partial charge in [-0.2, -0.15) is 0 Å². The van der Waals surface area contributed by atoms with Gasteiger partial charge in [-0.3, -0.25) is 24.1 Å². The van der Waals surface area contributed by atoms with Gasteiger partial charge in [-0.1, -0.05) is 26.7 Å². The number of hydrogen-bond donors (Lipinski definition) is 2. The Morgan fingerprint density at radius 1 is 1.04 bits per heavy atom. The average molecular weight is 366 g/mol. The van der Waals surface area contributed by atoms with Crippen molar-refractivity contribution in [2.45, 2.75) is 52.0 Å². The number of carbonyl (C=O) groups is 5. The molecule has 0 aromatic rings. The second-order valence-electron chi connectivity index (χ2n) is 6.80. The Morgan fingerprint density at radius 3 is 2.38 bits per heavy atom. The quantitative estimate of drug-likeness (QED) is 0.486. The van der Waals surface area contributed by atoms with Gasteiger partial charge in [-0.25, -0.2) is 9.69 Å². The number of urea groups is 1. The summed E-state index contributed by atoms with van der Waals surface area (Å²) < 4.78 is 0. The first-order valence-electron chi connectivity index (χ1n) is 9.09. The van der Waals surface area contributed by atoms with E-state index in [1.165, 1.54) is 0 Å². The Hall–Kier alpha value is -2.45. The fraction of sp³-hybridized carbons (Fsp3) is 0.706. The molecule has 2 N–H and O–H groups in total. The van der Waals surface area contributed by atoms with Crippen LogP contribution in [0.15, 0.2) is 0 Å². The maximum Gasteiger partial charge on any atom is 0.334 e. The number of amides is 6. The van der Waals surface area contributed by atoms with Gasteiger partial charge in [0.25, 0.3) is 0 Å². The Balaban J connectivity index is 1.94. The van der Waals surface area contributed by atoms with E-state index in [-0.39, 0.29) is 24.4 Å². The van der Waals surface area contributed by atoms with E-state index in [4.69, 9.17) is 0 Å². The highest BCUT2D eigenvalue weighted by Crippen LogP contribution is 2.31. The van der Waals surface area contributed by atoms with Crippen LogP contribution in [-0.2, 0) is 19.2 Å². The lowest BCUT2D eigenvalue weighted by molar-refractivity contribution is -0.145. The third-order valence-corrected chi connectivity index (χ3v) is 4.80. The van der Waals surface area contributed by atoms with E-state index < -0.39 is 30.3 Å². The highest BCUT2D eigenvalue weighted by Gasteiger charge is 2.49. The molecule has 0 radical (unpaired) electrons. The number of rotatable bonds is 7. The Morgan fingerprint density at radius 2 is 1.73 bits per heavy atom. The van der Waals surface area contributed by atoms with E-state index in [2.05, 4.69) is 10.6 Å². The Kier molecular flexibility index (Phi) is 6.70. The van der Waals surface area contributed by atoms with Gasteiger partial charge in [0, 0.05) is 12.6 Å². The highest BCUT2D eigenvalue weighted by molar-refractivity contribution is 6.45. The SMILES string of the molecule is CCCNC(=O)CNC(=O)CN1C(=O)C(=O)N([C@@H]2CCCC[C@H]2C)C1=O. The normalized spacial score (nSPS) is 23.4. The predicted molar refractivity (Wildman–Crippen MR) is 91.7 cm³/mol. The third-order valence-electron chi connectivity index (χ3n) is 4.80. The molecule has 1 saturated heterocycles. The molecule has 0 aromatic heterocycles. The molecular formula is C17H26N4O5. The molecule has 144 valence electrons. The standard InChI is InChI=1S/C17H26N4O5/c1-3-8-18-13(22)9-19-14(23)10-20-15(24)16(25)21(17(20)26)12-7-5-4-6-11(12)2/h11-12H,3-10H2,1-2H3,(H,18,22)(H,19,23)/t11-,12-/m1/s1. The molecule has 1 saturated carbocycles. The van der Waals surface area contributed by atoms with Gasteiger partial charge in [0.2, 0.25) is 11.8 Å². The summed E-state index contributed by atoms with van der Waals surface area (Å²) >= 11 is 0. The van der Waals surface area contributed by atoms with Crippen LogP contribution in [0.25, 0.3) is 0 Å². The number of nitrogens with zero attached hydrogens (tertiary/aromatic N) is 2. The van der Waals surface area contributed by atoms with E-state index in [9.17, 15) is 24.0 Å². The van der Waals surface area contributed by atoms with Gasteiger partial charge < -0.3 is 10.6 Å².